The summed E-state index contributed by atoms with van der Waals surface area (Å²) in [5.41, 5.74) is 18.8. The highest BCUT2D eigenvalue weighted by atomic mass is 15.1. The zero-order valence-corrected chi connectivity index (χ0v) is 34.6. The summed E-state index contributed by atoms with van der Waals surface area (Å²) in [7, 11) is 0. The van der Waals surface area contributed by atoms with Gasteiger partial charge in [0, 0.05) is 34.1 Å². The molecule has 0 saturated heterocycles. The van der Waals surface area contributed by atoms with Crippen LogP contribution in [0, 0.1) is 0 Å². The van der Waals surface area contributed by atoms with Gasteiger partial charge in [-0.3, -0.25) is 0 Å². The molecule has 0 aliphatic heterocycles. The minimum Gasteiger partial charge on any atom is -0.311 e. The van der Waals surface area contributed by atoms with E-state index < -0.39 is 0 Å². The molecule has 0 radical (unpaired) electrons. The van der Waals surface area contributed by atoms with Crippen molar-refractivity contribution in [3.8, 4) is 44.5 Å². The summed E-state index contributed by atoms with van der Waals surface area (Å²) in [6, 6.07) is 85.2. The van der Waals surface area contributed by atoms with E-state index in [1.165, 1.54) is 44.5 Å². The van der Waals surface area contributed by atoms with E-state index in [1.54, 1.807) is 0 Å². The molecular formula is C60H46N2. The average Bonchev–Trinajstić information content (AvgIpc) is 3.36. The van der Waals surface area contributed by atoms with Crippen LogP contribution in [-0.2, 0) is 0 Å². The molecule has 9 aromatic rings. The molecular weight excluding hydrogens is 749 g/mol. The molecule has 0 aromatic heterocycles. The summed E-state index contributed by atoms with van der Waals surface area (Å²) in [5.74, 6) is 0. The lowest BCUT2D eigenvalue weighted by atomic mass is 9.97. The van der Waals surface area contributed by atoms with Gasteiger partial charge < -0.3 is 9.80 Å². The summed E-state index contributed by atoms with van der Waals surface area (Å²) >= 11 is 0. The van der Waals surface area contributed by atoms with E-state index >= 15 is 0 Å². The molecule has 0 bridgehead atoms. The topological polar surface area (TPSA) is 6.48 Å². The molecule has 0 unspecified atom stereocenters. The molecule has 0 spiro atoms. The van der Waals surface area contributed by atoms with Gasteiger partial charge in [-0.05, 0) is 141 Å². The van der Waals surface area contributed by atoms with Crippen LogP contribution in [0.25, 0.3) is 50.1 Å². The lowest BCUT2D eigenvalue weighted by Crippen LogP contribution is -2.10. The van der Waals surface area contributed by atoms with E-state index in [0.29, 0.717) is 0 Å². The van der Waals surface area contributed by atoms with Crippen LogP contribution in [0.1, 0.15) is 18.4 Å². The van der Waals surface area contributed by atoms with Crippen molar-refractivity contribution in [3.63, 3.8) is 0 Å². The average molecular weight is 795 g/mol. The Morgan fingerprint density at radius 3 is 0.790 bits per heavy atom. The summed E-state index contributed by atoms with van der Waals surface area (Å²) < 4.78 is 0. The molecule has 62 heavy (non-hydrogen) atoms. The molecule has 0 fully saturated rings. The number of rotatable bonds is 11. The summed E-state index contributed by atoms with van der Waals surface area (Å²) in [5, 5.41) is 0. The van der Waals surface area contributed by atoms with E-state index in [9.17, 15) is 0 Å². The maximum Gasteiger partial charge on any atom is 0.0462 e. The van der Waals surface area contributed by atoms with Crippen molar-refractivity contribution in [2.45, 2.75) is 12.8 Å². The van der Waals surface area contributed by atoms with Gasteiger partial charge in [-0.15, -0.1) is 0 Å². The van der Waals surface area contributed by atoms with Gasteiger partial charge in [0.25, 0.3) is 0 Å². The molecule has 0 saturated carbocycles. The summed E-state index contributed by atoms with van der Waals surface area (Å²) in [6.45, 7) is 0. The zero-order valence-electron chi connectivity index (χ0n) is 34.6. The third-order valence-corrected chi connectivity index (χ3v) is 11.7. The number of anilines is 6. The van der Waals surface area contributed by atoms with E-state index in [4.69, 9.17) is 0 Å². The van der Waals surface area contributed by atoms with Gasteiger partial charge in [-0.25, -0.2) is 0 Å². The number of benzene rings is 9. The van der Waals surface area contributed by atoms with Crippen molar-refractivity contribution in [1.82, 2.24) is 0 Å². The molecule has 0 atom stereocenters. The standard InChI is InChI=1S/C60H46N2/c1-5-13-45(14-6-1)48-21-23-49(24-22-48)52-29-41-59(42-30-52)62(58-37-27-51(28-38-58)47-17-9-3-10-18-47)60-43-33-54(34-44-60)53-31-39-57(40-32-53)61(55-19-11-4-12-20-55)56-35-25-50(26-36-56)46-15-7-2-8-16-46/h2-5,7-44H,1,6H2. The first-order chi connectivity index (χ1) is 30.7. The Morgan fingerprint density at radius 1 is 0.226 bits per heavy atom. The van der Waals surface area contributed by atoms with Gasteiger partial charge >= 0.3 is 0 Å². The normalized spacial score (nSPS) is 12.1. The molecule has 0 N–H and O–H groups in total. The first-order valence-electron chi connectivity index (χ1n) is 21.5. The second-order valence-electron chi connectivity index (χ2n) is 15.7. The van der Waals surface area contributed by atoms with Crippen molar-refractivity contribution < 1.29 is 0 Å². The Bertz CT molecular complexity index is 2920. The highest BCUT2D eigenvalue weighted by Gasteiger charge is 2.16. The smallest absolute Gasteiger partial charge is 0.0462 e. The summed E-state index contributed by atoms with van der Waals surface area (Å²) in [6.07, 6.45) is 9.07. The maximum absolute atomic E-state index is 2.34. The largest absolute Gasteiger partial charge is 0.311 e. The lowest BCUT2D eigenvalue weighted by Gasteiger charge is -2.26. The maximum atomic E-state index is 2.34. The van der Waals surface area contributed by atoms with Gasteiger partial charge in [-0.1, -0.05) is 182 Å². The van der Waals surface area contributed by atoms with Gasteiger partial charge in [0.15, 0.2) is 0 Å². The van der Waals surface area contributed by atoms with Gasteiger partial charge in [0.05, 0.1) is 0 Å². The Hall–Kier alpha value is -7.94. The van der Waals surface area contributed by atoms with Crippen LogP contribution in [0.2, 0.25) is 0 Å². The minimum atomic E-state index is 1.10. The predicted octanol–water partition coefficient (Wildman–Crippen LogP) is 17.0. The quantitative estimate of drug-likeness (QED) is 0.129. The van der Waals surface area contributed by atoms with Crippen LogP contribution in [0.5, 0.6) is 0 Å². The molecule has 1 aliphatic rings. The number of hydrogen-bond acceptors (Lipinski definition) is 2. The molecule has 2 heteroatoms. The second-order valence-corrected chi connectivity index (χ2v) is 15.7. The molecule has 10 rings (SSSR count). The van der Waals surface area contributed by atoms with Crippen molar-refractivity contribution in [2.24, 2.45) is 0 Å². The van der Waals surface area contributed by atoms with E-state index in [0.717, 1.165) is 58.1 Å². The van der Waals surface area contributed by atoms with Gasteiger partial charge in [0.2, 0.25) is 0 Å². The Labute approximate surface area is 365 Å². The zero-order chi connectivity index (χ0) is 41.5. The highest BCUT2D eigenvalue weighted by molar-refractivity contribution is 5.83. The number of nitrogens with zero attached hydrogens (tertiary/aromatic N) is 2. The molecule has 0 amide bonds. The van der Waals surface area contributed by atoms with Crippen molar-refractivity contribution in [2.75, 3.05) is 9.80 Å². The Morgan fingerprint density at radius 2 is 0.484 bits per heavy atom. The van der Waals surface area contributed by atoms with Gasteiger partial charge in [-0.2, -0.15) is 0 Å². The predicted molar refractivity (Wildman–Crippen MR) is 264 cm³/mol. The number of para-hydroxylation sites is 1. The van der Waals surface area contributed by atoms with Crippen LogP contribution in [0.4, 0.5) is 34.1 Å². The van der Waals surface area contributed by atoms with Crippen LogP contribution in [0.15, 0.2) is 255 Å². The third-order valence-electron chi connectivity index (χ3n) is 11.7. The summed E-state index contributed by atoms with van der Waals surface area (Å²) in [4.78, 5) is 4.66. The first-order valence-corrected chi connectivity index (χ1v) is 21.5. The van der Waals surface area contributed by atoms with Gasteiger partial charge in [0.1, 0.15) is 0 Å². The fraction of sp³-hybridized carbons (Fsp3) is 0.0333. The van der Waals surface area contributed by atoms with E-state index in [1.807, 2.05) is 0 Å². The fourth-order valence-electron chi connectivity index (χ4n) is 8.43. The van der Waals surface area contributed by atoms with Crippen LogP contribution < -0.4 is 9.80 Å². The highest BCUT2D eigenvalue weighted by Crippen LogP contribution is 2.40. The number of allylic oxidation sites excluding steroid dienone is 4. The first kappa shape index (κ1) is 38.3. The van der Waals surface area contributed by atoms with Crippen LogP contribution >= 0.6 is 0 Å². The van der Waals surface area contributed by atoms with Crippen LogP contribution in [-0.4, -0.2) is 0 Å². The Balaban J connectivity index is 0.936. The van der Waals surface area contributed by atoms with Crippen molar-refractivity contribution >= 4 is 39.7 Å². The molecule has 9 aromatic carbocycles. The fourth-order valence-corrected chi connectivity index (χ4v) is 8.43. The third kappa shape index (κ3) is 8.28. The Kier molecular flexibility index (Phi) is 10.9. The molecule has 1 aliphatic carbocycles. The SMILES string of the molecule is C1=CC(c2ccc(-c3ccc(N(c4ccc(-c5ccccc5)cc4)c4ccc(-c5ccc(N(c6ccccc6)c6ccc(-c7ccccc7)cc6)cc5)cc4)cc3)cc2)=CCC1. The lowest BCUT2D eigenvalue weighted by molar-refractivity contribution is 1.04. The van der Waals surface area contributed by atoms with E-state index in [-0.39, 0.29) is 0 Å². The molecule has 0 heterocycles. The minimum absolute atomic E-state index is 1.10. The van der Waals surface area contributed by atoms with Crippen molar-refractivity contribution in [3.05, 3.63) is 260 Å². The van der Waals surface area contributed by atoms with Crippen LogP contribution in [0.3, 0.4) is 0 Å². The van der Waals surface area contributed by atoms with E-state index in [2.05, 4.69) is 265 Å². The second kappa shape index (κ2) is 17.7. The number of hydrogen-bond donors (Lipinski definition) is 0. The molecule has 296 valence electrons. The van der Waals surface area contributed by atoms with Crippen molar-refractivity contribution in [1.29, 1.82) is 0 Å². The molecule has 2 nitrogen and oxygen atoms in total. The monoisotopic (exact) mass is 794 g/mol.